The average Bonchev–Trinajstić information content (AvgIpc) is 2.70. The lowest BCUT2D eigenvalue weighted by Crippen LogP contribution is -2.31. The number of esters is 1. The Labute approximate surface area is 178 Å². The monoisotopic (exact) mass is 431 g/mol. The molecule has 0 unspecified atom stereocenters. The molecule has 0 radical (unpaired) electrons. The van der Waals surface area contributed by atoms with Gasteiger partial charge >= 0.3 is 5.97 Å². The van der Waals surface area contributed by atoms with Crippen molar-refractivity contribution in [3.63, 3.8) is 0 Å². The van der Waals surface area contributed by atoms with Crippen LogP contribution in [0.15, 0.2) is 58.1 Å². The number of rotatable bonds is 7. The van der Waals surface area contributed by atoms with Crippen LogP contribution in [0.25, 0.3) is 0 Å². The summed E-state index contributed by atoms with van der Waals surface area (Å²) in [5, 5.41) is 4.23. The summed E-state index contributed by atoms with van der Waals surface area (Å²) in [7, 11) is 0. The van der Waals surface area contributed by atoms with Gasteiger partial charge in [0.25, 0.3) is 5.56 Å². The molecule has 152 valence electrons. The van der Waals surface area contributed by atoms with Crippen molar-refractivity contribution in [2.24, 2.45) is 0 Å². The molecular formula is C21H22ClN3O3S. The fourth-order valence-electron chi connectivity index (χ4n) is 3.17. The van der Waals surface area contributed by atoms with Gasteiger partial charge in [-0.3, -0.25) is 4.79 Å². The Hall–Kier alpha value is -2.51. The van der Waals surface area contributed by atoms with Gasteiger partial charge in [-0.05, 0) is 31.0 Å². The number of aromatic amines is 1. The molecule has 0 aliphatic carbocycles. The van der Waals surface area contributed by atoms with E-state index in [1.807, 2.05) is 0 Å². The van der Waals surface area contributed by atoms with Crippen LogP contribution >= 0.6 is 23.4 Å². The first kappa shape index (κ1) is 21.2. The number of hydrogen-bond acceptors (Lipinski definition) is 6. The average molecular weight is 432 g/mol. The topological polar surface area (TPSA) is 84.1 Å². The van der Waals surface area contributed by atoms with Crippen LogP contribution in [0.5, 0.6) is 0 Å². The maximum absolute atomic E-state index is 13.0. The third-order valence-corrected chi connectivity index (χ3v) is 5.75. The minimum atomic E-state index is -0.623. The molecule has 2 N–H and O–H groups in total. The van der Waals surface area contributed by atoms with Crippen molar-refractivity contribution in [3.05, 3.63) is 74.7 Å². The van der Waals surface area contributed by atoms with Crippen molar-refractivity contribution < 1.29 is 9.53 Å². The quantitative estimate of drug-likeness (QED) is 0.291. The van der Waals surface area contributed by atoms with Crippen LogP contribution in [0.1, 0.15) is 37.3 Å². The fourth-order valence-corrected chi connectivity index (χ4v) is 4.01. The zero-order valence-corrected chi connectivity index (χ0v) is 17.8. The number of aromatic nitrogens is 2. The highest BCUT2D eigenvalue weighted by Gasteiger charge is 2.36. The molecule has 1 aromatic heterocycles. The Morgan fingerprint density at radius 2 is 2.10 bits per heavy atom. The van der Waals surface area contributed by atoms with Crippen LogP contribution in [0.2, 0.25) is 5.02 Å². The van der Waals surface area contributed by atoms with Crippen LogP contribution in [0.4, 0.5) is 5.82 Å². The van der Waals surface area contributed by atoms with Gasteiger partial charge in [0.15, 0.2) is 5.16 Å². The van der Waals surface area contributed by atoms with Crippen LogP contribution < -0.4 is 10.9 Å². The van der Waals surface area contributed by atoms with Crippen LogP contribution in [0, 0.1) is 0 Å². The highest BCUT2D eigenvalue weighted by molar-refractivity contribution is 7.99. The van der Waals surface area contributed by atoms with Gasteiger partial charge in [-0.15, -0.1) is 0 Å². The number of benzene rings is 1. The number of anilines is 1. The molecule has 0 fully saturated rings. The smallest absolute Gasteiger partial charge is 0.337 e. The normalized spacial score (nSPS) is 15.5. The van der Waals surface area contributed by atoms with Gasteiger partial charge in [0.05, 0.1) is 17.1 Å². The second-order valence-electron chi connectivity index (χ2n) is 6.52. The van der Waals surface area contributed by atoms with Gasteiger partial charge in [0, 0.05) is 16.5 Å². The van der Waals surface area contributed by atoms with E-state index in [0.717, 1.165) is 17.7 Å². The van der Waals surface area contributed by atoms with E-state index in [2.05, 4.69) is 28.8 Å². The number of thioether (sulfide) groups is 1. The van der Waals surface area contributed by atoms with Crippen LogP contribution in [-0.4, -0.2) is 28.3 Å². The van der Waals surface area contributed by atoms with Crippen molar-refractivity contribution >= 4 is 35.1 Å². The lowest BCUT2D eigenvalue weighted by molar-refractivity contribution is -0.138. The summed E-state index contributed by atoms with van der Waals surface area (Å²) in [6, 6.07) is 7.06. The molecule has 0 amide bonds. The Morgan fingerprint density at radius 3 is 2.76 bits per heavy atom. The van der Waals surface area contributed by atoms with E-state index in [-0.39, 0.29) is 12.2 Å². The molecule has 0 spiro atoms. The highest BCUT2D eigenvalue weighted by Crippen LogP contribution is 2.40. The molecule has 0 saturated heterocycles. The molecule has 1 aromatic carbocycles. The van der Waals surface area contributed by atoms with E-state index in [1.165, 1.54) is 17.8 Å². The number of H-pyrrole nitrogens is 1. The first-order valence-corrected chi connectivity index (χ1v) is 10.6. The van der Waals surface area contributed by atoms with E-state index < -0.39 is 11.9 Å². The lowest BCUT2D eigenvalue weighted by Gasteiger charge is -2.28. The lowest BCUT2D eigenvalue weighted by atomic mass is 9.82. The Balaban J connectivity index is 2.15. The SMILES string of the molecule is C=CCOC(=O)C1=C(C)Nc2nc(SCCC)[nH]c(=O)c2[C@H]1c1ccc(Cl)cc1. The van der Waals surface area contributed by atoms with E-state index in [1.54, 1.807) is 31.2 Å². The number of allylic oxidation sites excluding steroid dienone is 1. The maximum Gasteiger partial charge on any atom is 0.337 e. The van der Waals surface area contributed by atoms with E-state index in [9.17, 15) is 9.59 Å². The Morgan fingerprint density at radius 1 is 1.38 bits per heavy atom. The predicted octanol–water partition coefficient (Wildman–Crippen LogP) is 4.49. The summed E-state index contributed by atoms with van der Waals surface area (Å²) in [6.45, 7) is 7.50. The number of carbonyl (C=O) groups is 1. The maximum atomic E-state index is 13.0. The first-order valence-electron chi connectivity index (χ1n) is 9.24. The Bertz CT molecular complexity index is 1010. The highest BCUT2D eigenvalue weighted by atomic mass is 35.5. The number of fused-ring (bicyclic) bond motifs is 1. The van der Waals surface area contributed by atoms with Crippen LogP contribution in [0.3, 0.4) is 0 Å². The van der Waals surface area contributed by atoms with Gasteiger partial charge in [0.2, 0.25) is 0 Å². The molecule has 2 aromatic rings. The van der Waals surface area contributed by atoms with Crippen molar-refractivity contribution in [2.75, 3.05) is 17.7 Å². The molecule has 0 bridgehead atoms. The second kappa shape index (κ2) is 9.33. The van der Waals surface area contributed by atoms with Gasteiger partial charge in [-0.25, -0.2) is 9.78 Å². The van der Waals surface area contributed by atoms with Crippen molar-refractivity contribution in [3.8, 4) is 0 Å². The summed E-state index contributed by atoms with van der Waals surface area (Å²) in [5.74, 6) is 0.160. The van der Waals surface area contributed by atoms with Crippen molar-refractivity contribution in [2.45, 2.75) is 31.3 Å². The predicted molar refractivity (Wildman–Crippen MR) is 117 cm³/mol. The minimum Gasteiger partial charge on any atom is -0.458 e. The van der Waals surface area contributed by atoms with Gasteiger partial charge in [0.1, 0.15) is 12.4 Å². The van der Waals surface area contributed by atoms with E-state index >= 15 is 0 Å². The summed E-state index contributed by atoms with van der Waals surface area (Å²) >= 11 is 7.52. The number of halogens is 1. The molecular weight excluding hydrogens is 410 g/mol. The molecule has 2 heterocycles. The summed E-state index contributed by atoms with van der Waals surface area (Å²) in [4.78, 5) is 33.3. The third kappa shape index (κ3) is 4.57. The molecule has 8 heteroatoms. The number of carbonyl (C=O) groups excluding carboxylic acids is 1. The standard InChI is InChI=1S/C21H22ClN3O3S/c1-4-10-28-20(27)15-12(3)23-18-17(16(15)13-6-8-14(22)9-7-13)19(26)25-21(24-18)29-11-5-2/h4,6-9,16H,1,5,10-11H2,2-3H3,(H2,23,24,25,26)/t16-/m0/s1. The summed E-state index contributed by atoms with van der Waals surface area (Å²) in [5.41, 5.74) is 1.80. The minimum absolute atomic E-state index is 0.0804. The first-order chi connectivity index (χ1) is 14.0. The molecule has 1 atom stereocenters. The number of hydrogen-bond donors (Lipinski definition) is 2. The van der Waals surface area contributed by atoms with Crippen LogP contribution in [-0.2, 0) is 9.53 Å². The molecule has 1 aliphatic rings. The second-order valence-corrected chi connectivity index (χ2v) is 8.04. The largest absolute Gasteiger partial charge is 0.458 e. The molecule has 0 saturated carbocycles. The number of ether oxygens (including phenoxy) is 1. The van der Waals surface area contributed by atoms with E-state index in [4.69, 9.17) is 16.3 Å². The van der Waals surface area contributed by atoms with Crippen molar-refractivity contribution in [1.82, 2.24) is 9.97 Å². The van der Waals surface area contributed by atoms with Crippen molar-refractivity contribution in [1.29, 1.82) is 0 Å². The van der Waals surface area contributed by atoms with Gasteiger partial charge < -0.3 is 15.0 Å². The molecule has 3 rings (SSSR count). The summed E-state index contributed by atoms with van der Waals surface area (Å²) < 4.78 is 5.29. The molecule has 1 aliphatic heterocycles. The summed E-state index contributed by atoms with van der Waals surface area (Å²) in [6.07, 6.45) is 2.46. The third-order valence-electron chi connectivity index (χ3n) is 4.42. The molecule has 6 nitrogen and oxygen atoms in total. The fraction of sp³-hybridized carbons (Fsp3) is 0.286. The van der Waals surface area contributed by atoms with Gasteiger partial charge in [-0.1, -0.05) is 55.1 Å². The number of nitrogens with one attached hydrogen (secondary N) is 2. The van der Waals surface area contributed by atoms with E-state index in [0.29, 0.717) is 32.8 Å². The molecule has 29 heavy (non-hydrogen) atoms. The zero-order chi connectivity index (χ0) is 21.0. The van der Waals surface area contributed by atoms with Gasteiger partial charge in [-0.2, -0.15) is 0 Å². The number of nitrogens with zero attached hydrogens (tertiary/aromatic N) is 1. The zero-order valence-electron chi connectivity index (χ0n) is 16.3. The Kier molecular flexibility index (Phi) is 6.82.